The maximum Gasteiger partial charge on any atom is 0.407 e. The Kier molecular flexibility index (Phi) is 11.4. The Hall–Kier alpha value is -6.00. The number of carbonyl (C=O) groups is 4. The zero-order valence-electron chi connectivity index (χ0n) is 33.3. The van der Waals surface area contributed by atoms with Crippen LogP contribution in [0.1, 0.15) is 82.7 Å². The standard InChI is InChI=1S/C41H48F2N8O7/c1-20(2)34(48-40(54)56-5)38(52)50-13-7-9-30(50)36-44-17-28(46-36)23-12-11-22-24-15-27(42)25(16-32(24)58-19-26(22)33(23)43)29-18-45-37(47-29)31-10-8-14-51(31)39(53)35(21(3)4)49-41(55)57-6/h11-12,15-18,20-21,30-31,34-35H,7-10,13-14,19H2,1-6H3,(H,44,46)(H,45,47)(H,48,54)(H,49,55)/t30-,31-,34-,35-/m0/s1. The van der Waals surface area contributed by atoms with E-state index in [9.17, 15) is 19.2 Å². The van der Waals surface area contributed by atoms with Crippen molar-refractivity contribution in [2.45, 2.75) is 84.2 Å². The van der Waals surface area contributed by atoms with E-state index in [1.54, 1.807) is 28.0 Å². The van der Waals surface area contributed by atoms with Crippen LogP contribution < -0.4 is 15.4 Å². The van der Waals surface area contributed by atoms with Crippen molar-refractivity contribution in [2.75, 3.05) is 27.3 Å². The van der Waals surface area contributed by atoms with E-state index in [2.05, 4.69) is 30.6 Å². The van der Waals surface area contributed by atoms with Gasteiger partial charge in [0.25, 0.3) is 0 Å². The van der Waals surface area contributed by atoms with Crippen LogP contribution in [0, 0.1) is 23.5 Å². The molecule has 5 heterocycles. The Bertz CT molecular complexity index is 2120. The summed E-state index contributed by atoms with van der Waals surface area (Å²) in [7, 11) is 2.49. The summed E-state index contributed by atoms with van der Waals surface area (Å²) in [5.41, 5.74) is 2.38. The molecule has 4 aromatic rings. The Labute approximate surface area is 334 Å². The minimum absolute atomic E-state index is 0.104. The van der Waals surface area contributed by atoms with Crippen molar-refractivity contribution in [2.24, 2.45) is 11.8 Å². The van der Waals surface area contributed by atoms with Crippen molar-refractivity contribution in [3.63, 3.8) is 0 Å². The molecule has 17 heteroatoms. The third kappa shape index (κ3) is 7.56. The van der Waals surface area contributed by atoms with E-state index in [-0.39, 0.29) is 46.9 Å². The Balaban J connectivity index is 1.10. The number of likely N-dealkylation sites (tertiary alicyclic amines) is 2. The monoisotopic (exact) mass is 802 g/mol. The van der Waals surface area contributed by atoms with Gasteiger partial charge in [0.05, 0.1) is 50.1 Å². The summed E-state index contributed by atoms with van der Waals surface area (Å²) in [6.07, 6.45) is 4.39. The first-order valence-electron chi connectivity index (χ1n) is 19.5. The SMILES string of the molecule is COC(=O)N[C@H](C(=O)N1CCC[C@H]1c1ncc(-c2cc3c(cc2F)-c2ccc(-c4cnc([C@@H]5CCCN5C(=O)[C@@H](NC(=O)OC)C(C)C)[nH]4)c(F)c2CO3)[nH]1)C(C)C. The van der Waals surface area contributed by atoms with E-state index < -0.39 is 48.0 Å². The number of hydrogen-bond donors (Lipinski definition) is 4. The Morgan fingerprint density at radius 3 is 1.76 bits per heavy atom. The lowest BCUT2D eigenvalue weighted by molar-refractivity contribution is -0.136. The minimum atomic E-state index is -0.791. The van der Waals surface area contributed by atoms with Crippen molar-refractivity contribution < 1.29 is 42.2 Å². The van der Waals surface area contributed by atoms with Crippen LogP contribution in [-0.2, 0) is 25.7 Å². The molecule has 0 saturated carbocycles. The molecule has 4 atom stereocenters. The van der Waals surface area contributed by atoms with E-state index in [1.165, 1.54) is 32.7 Å². The van der Waals surface area contributed by atoms with Crippen LogP contribution in [0.15, 0.2) is 36.7 Å². The second-order valence-electron chi connectivity index (χ2n) is 15.5. The number of H-pyrrole nitrogens is 2. The van der Waals surface area contributed by atoms with Gasteiger partial charge in [0.2, 0.25) is 11.8 Å². The Morgan fingerprint density at radius 1 is 0.759 bits per heavy atom. The van der Waals surface area contributed by atoms with Crippen molar-refractivity contribution in [3.05, 3.63) is 65.5 Å². The predicted molar refractivity (Wildman–Crippen MR) is 207 cm³/mol. The van der Waals surface area contributed by atoms with Crippen LogP contribution in [0.25, 0.3) is 33.6 Å². The fourth-order valence-corrected chi connectivity index (χ4v) is 8.13. The number of fused-ring (bicyclic) bond motifs is 3. The molecule has 3 aliphatic heterocycles. The summed E-state index contributed by atoms with van der Waals surface area (Å²) >= 11 is 0. The molecular weight excluding hydrogens is 754 g/mol. The van der Waals surface area contributed by atoms with Crippen molar-refractivity contribution in [3.8, 4) is 39.4 Å². The van der Waals surface area contributed by atoms with Crippen LogP contribution in [0.5, 0.6) is 5.75 Å². The molecule has 7 rings (SSSR count). The molecule has 2 saturated heterocycles. The highest BCUT2D eigenvalue weighted by Gasteiger charge is 2.39. The topological polar surface area (TPSA) is 184 Å². The third-order valence-corrected chi connectivity index (χ3v) is 11.2. The Morgan fingerprint density at radius 2 is 1.26 bits per heavy atom. The maximum atomic E-state index is 16.3. The molecule has 0 spiro atoms. The third-order valence-electron chi connectivity index (χ3n) is 11.2. The van der Waals surface area contributed by atoms with Crippen LogP contribution >= 0.6 is 0 Å². The second kappa shape index (κ2) is 16.5. The zero-order valence-corrected chi connectivity index (χ0v) is 33.3. The number of hydrogen-bond acceptors (Lipinski definition) is 9. The number of amides is 4. The number of halogens is 2. The van der Waals surface area contributed by atoms with Crippen molar-refractivity contribution in [1.82, 2.24) is 40.4 Å². The number of ether oxygens (including phenoxy) is 3. The van der Waals surface area contributed by atoms with Crippen molar-refractivity contribution >= 4 is 24.0 Å². The van der Waals surface area contributed by atoms with Gasteiger partial charge in [0.1, 0.15) is 47.7 Å². The summed E-state index contributed by atoms with van der Waals surface area (Å²) in [6.45, 7) is 8.20. The fraction of sp³-hybridized carbons (Fsp3) is 0.463. The van der Waals surface area contributed by atoms with E-state index >= 15 is 8.78 Å². The first-order chi connectivity index (χ1) is 27.8. The number of aromatic nitrogens is 4. The van der Waals surface area contributed by atoms with E-state index in [4.69, 9.17) is 14.2 Å². The van der Waals surface area contributed by atoms with Gasteiger partial charge in [-0.05, 0) is 61.3 Å². The van der Waals surface area contributed by atoms with Crippen LogP contribution in [0.3, 0.4) is 0 Å². The highest BCUT2D eigenvalue weighted by atomic mass is 19.1. The molecule has 2 aromatic carbocycles. The number of nitrogens with zero attached hydrogens (tertiary/aromatic N) is 4. The van der Waals surface area contributed by atoms with Crippen LogP contribution in [0.4, 0.5) is 18.4 Å². The summed E-state index contributed by atoms with van der Waals surface area (Å²) in [5.74, 6) is -0.648. The number of imidazole rings is 2. The molecule has 2 fully saturated rings. The smallest absolute Gasteiger partial charge is 0.407 e. The number of alkyl carbamates (subject to hydrolysis) is 2. The highest BCUT2D eigenvalue weighted by Crippen LogP contribution is 2.44. The number of aromatic amines is 2. The number of methoxy groups -OCH3 is 2. The van der Waals surface area contributed by atoms with Crippen molar-refractivity contribution in [1.29, 1.82) is 0 Å². The summed E-state index contributed by atoms with van der Waals surface area (Å²) in [6, 6.07) is 3.84. The lowest BCUT2D eigenvalue weighted by atomic mass is 9.92. The lowest BCUT2D eigenvalue weighted by Gasteiger charge is -2.30. The van der Waals surface area contributed by atoms with Gasteiger partial charge in [0, 0.05) is 35.3 Å². The maximum absolute atomic E-state index is 16.3. The summed E-state index contributed by atoms with van der Waals surface area (Å²) in [5, 5.41) is 5.27. The molecule has 3 aliphatic rings. The van der Waals surface area contributed by atoms with Gasteiger partial charge >= 0.3 is 12.2 Å². The molecule has 0 aliphatic carbocycles. The van der Waals surface area contributed by atoms with Crippen LogP contribution in [-0.4, -0.2) is 93.1 Å². The lowest BCUT2D eigenvalue weighted by Crippen LogP contribution is -2.51. The molecule has 4 N–H and O–H groups in total. The average Bonchev–Trinajstić information content (AvgIpc) is 4.05. The molecule has 58 heavy (non-hydrogen) atoms. The van der Waals surface area contributed by atoms with Gasteiger partial charge in [-0.25, -0.2) is 28.3 Å². The van der Waals surface area contributed by atoms with Gasteiger partial charge in [-0.15, -0.1) is 0 Å². The van der Waals surface area contributed by atoms with E-state index in [0.29, 0.717) is 65.8 Å². The average molecular weight is 803 g/mol. The molecular formula is C41H48F2N8O7. The van der Waals surface area contributed by atoms with Gasteiger partial charge in [-0.1, -0.05) is 33.8 Å². The number of benzene rings is 2. The number of carbonyl (C=O) groups excluding carboxylic acids is 4. The van der Waals surface area contributed by atoms with Crippen LogP contribution in [0.2, 0.25) is 0 Å². The summed E-state index contributed by atoms with van der Waals surface area (Å²) < 4.78 is 47.8. The molecule has 4 amide bonds. The van der Waals surface area contributed by atoms with Gasteiger partial charge < -0.3 is 44.6 Å². The molecule has 308 valence electrons. The predicted octanol–water partition coefficient (Wildman–Crippen LogP) is 6.39. The molecule has 15 nitrogen and oxygen atoms in total. The number of rotatable bonds is 10. The highest BCUT2D eigenvalue weighted by molar-refractivity contribution is 5.87. The molecule has 0 bridgehead atoms. The fourth-order valence-electron chi connectivity index (χ4n) is 8.13. The van der Waals surface area contributed by atoms with Gasteiger partial charge in [0.15, 0.2) is 0 Å². The molecule has 0 radical (unpaired) electrons. The quantitative estimate of drug-likeness (QED) is 0.141. The number of nitrogens with one attached hydrogen (secondary N) is 4. The largest absolute Gasteiger partial charge is 0.488 e. The first-order valence-corrected chi connectivity index (χ1v) is 19.5. The normalized spacial score (nSPS) is 18.4. The minimum Gasteiger partial charge on any atom is -0.488 e. The van der Waals surface area contributed by atoms with E-state index in [0.717, 1.165) is 12.8 Å². The van der Waals surface area contributed by atoms with Gasteiger partial charge in [-0.2, -0.15) is 0 Å². The van der Waals surface area contributed by atoms with Gasteiger partial charge in [-0.3, -0.25) is 9.59 Å². The zero-order chi connectivity index (χ0) is 41.4. The first kappa shape index (κ1) is 40.2. The molecule has 0 unspecified atom stereocenters. The molecule has 2 aromatic heterocycles. The summed E-state index contributed by atoms with van der Waals surface area (Å²) in [4.78, 5) is 70.0. The second-order valence-corrected chi connectivity index (χ2v) is 15.5. The van der Waals surface area contributed by atoms with E-state index in [1.807, 2.05) is 27.7 Å².